The zero-order valence-corrected chi connectivity index (χ0v) is 10.9. The summed E-state index contributed by atoms with van der Waals surface area (Å²) in [6.07, 6.45) is 2.15. The van der Waals surface area contributed by atoms with Crippen LogP contribution >= 0.6 is 0 Å². The Balaban J connectivity index is 1.87. The Morgan fingerprint density at radius 1 is 1.39 bits per heavy atom. The average Bonchev–Trinajstić information content (AvgIpc) is 2.40. The molecule has 0 aliphatic carbocycles. The minimum atomic E-state index is 0.220. The van der Waals surface area contributed by atoms with Gasteiger partial charge in [0.15, 0.2) is 0 Å². The highest BCUT2D eigenvalue weighted by atomic mass is 16.1. The van der Waals surface area contributed by atoms with Gasteiger partial charge >= 0.3 is 0 Å². The minimum Gasteiger partial charge on any atom is -0.300 e. The van der Waals surface area contributed by atoms with E-state index in [4.69, 9.17) is 0 Å². The van der Waals surface area contributed by atoms with Crippen LogP contribution in [0.25, 0.3) is 0 Å². The van der Waals surface area contributed by atoms with Crippen LogP contribution < -0.4 is 0 Å². The van der Waals surface area contributed by atoms with Crippen LogP contribution in [0.15, 0.2) is 30.3 Å². The van der Waals surface area contributed by atoms with Gasteiger partial charge in [0.2, 0.25) is 0 Å². The molecule has 1 aliphatic heterocycles. The van der Waals surface area contributed by atoms with Crippen LogP contribution in [0.3, 0.4) is 0 Å². The second kappa shape index (κ2) is 6.37. The molecule has 1 aromatic rings. The van der Waals surface area contributed by atoms with Crippen molar-refractivity contribution >= 4 is 5.78 Å². The van der Waals surface area contributed by atoms with Crippen molar-refractivity contribution < 1.29 is 4.79 Å². The van der Waals surface area contributed by atoms with Crippen molar-refractivity contribution in [3.63, 3.8) is 0 Å². The van der Waals surface area contributed by atoms with Crippen molar-refractivity contribution in [2.45, 2.75) is 19.8 Å². The molecule has 1 aliphatic rings. The predicted octanol–water partition coefficient (Wildman–Crippen LogP) is 2.34. The summed E-state index contributed by atoms with van der Waals surface area (Å²) in [6, 6.07) is 10.0. The minimum absolute atomic E-state index is 0.220. The quantitative estimate of drug-likeness (QED) is 0.741. The summed E-state index contributed by atoms with van der Waals surface area (Å²) in [6.45, 7) is 4.40. The first-order chi connectivity index (χ1) is 8.75. The lowest BCUT2D eigenvalue weighted by molar-refractivity contribution is -0.122. The van der Waals surface area contributed by atoms with E-state index in [1.165, 1.54) is 0 Å². The van der Waals surface area contributed by atoms with Gasteiger partial charge in [0.1, 0.15) is 5.78 Å². The molecule has 0 aromatic heterocycles. The molecule has 1 heterocycles. The first-order valence-electron chi connectivity index (χ1n) is 6.52. The molecule has 2 nitrogen and oxygen atoms in total. The van der Waals surface area contributed by atoms with Crippen LogP contribution in [0.5, 0.6) is 0 Å². The van der Waals surface area contributed by atoms with Gasteiger partial charge in [-0.2, -0.15) is 0 Å². The predicted molar refractivity (Wildman–Crippen MR) is 73.2 cm³/mol. The largest absolute Gasteiger partial charge is 0.300 e. The lowest BCUT2D eigenvalue weighted by Gasteiger charge is -2.29. The first kappa shape index (κ1) is 12.9. The zero-order valence-electron chi connectivity index (χ0n) is 10.9. The van der Waals surface area contributed by atoms with Crippen molar-refractivity contribution in [1.29, 1.82) is 0 Å². The zero-order chi connectivity index (χ0) is 12.8. The van der Waals surface area contributed by atoms with E-state index in [-0.39, 0.29) is 5.92 Å². The molecule has 0 bridgehead atoms. The summed E-state index contributed by atoms with van der Waals surface area (Å²) in [4.78, 5) is 13.7. The van der Waals surface area contributed by atoms with Crippen LogP contribution in [0.4, 0.5) is 0 Å². The van der Waals surface area contributed by atoms with Gasteiger partial charge in [-0.15, -0.1) is 0 Å². The molecule has 0 radical (unpaired) electrons. The number of ketones is 1. The molecule has 0 saturated carbocycles. The third kappa shape index (κ3) is 3.72. The molecule has 1 aromatic carbocycles. The van der Waals surface area contributed by atoms with Crippen LogP contribution in [-0.2, 0) is 4.79 Å². The molecule has 1 fully saturated rings. The number of rotatable bonds is 2. The summed E-state index contributed by atoms with van der Waals surface area (Å²) in [5, 5.41) is 0. The summed E-state index contributed by atoms with van der Waals surface area (Å²) < 4.78 is 0. The van der Waals surface area contributed by atoms with Crippen LogP contribution in [-0.4, -0.2) is 30.3 Å². The van der Waals surface area contributed by atoms with E-state index in [1.54, 1.807) is 6.92 Å². The fourth-order valence-corrected chi connectivity index (χ4v) is 2.31. The van der Waals surface area contributed by atoms with Gasteiger partial charge < -0.3 is 0 Å². The van der Waals surface area contributed by atoms with Crippen molar-refractivity contribution in [3.8, 4) is 11.8 Å². The standard InChI is InChI=1S/C16H19NO/c1-14(18)16-10-6-12-17(13-16)11-5-9-15-7-3-2-4-8-15/h2-4,7-8,16H,6,10-13H2,1H3. The molecule has 0 N–H and O–H groups in total. The Kier molecular flexibility index (Phi) is 4.55. The number of nitrogens with zero attached hydrogens (tertiary/aromatic N) is 1. The van der Waals surface area contributed by atoms with E-state index in [9.17, 15) is 4.79 Å². The molecule has 1 unspecified atom stereocenters. The van der Waals surface area contributed by atoms with E-state index in [2.05, 4.69) is 16.7 Å². The number of carbonyl (C=O) groups is 1. The van der Waals surface area contributed by atoms with E-state index in [1.807, 2.05) is 30.3 Å². The summed E-state index contributed by atoms with van der Waals surface area (Å²) in [5.41, 5.74) is 1.05. The summed E-state index contributed by atoms with van der Waals surface area (Å²) >= 11 is 0. The Bertz CT molecular complexity index is 455. The molecule has 18 heavy (non-hydrogen) atoms. The first-order valence-corrected chi connectivity index (χ1v) is 6.52. The van der Waals surface area contributed by atoms with Gasteiger partial charge in [-0.1, -0.05) is 30.0 Å². The molecular formula is C16H19NO. The lowest BCUT2D eigenvalue weighted by atomic mass is 9.95. The van der Waals surface area contributed by atoms with Gasteiger partial charge in [-0.05, 0) is 38.4 Å². The summed E-state index contributed by atoms with van der Waals surface area (Å²) in [7, 11) is 0. The van der Waals surface area contributed by atoms with Crippen molar-refractivity contribution in [3.05, 3.63) is 35.9 Å². The Morgan fingerprint density at radius 2 is 2.17 bits per heavy atom. The highest BCUT2D eigenvalue weighted by Crippen LogP contribution is 2.16. The Hall–Kier alpha value is -1.59. The van der Waals surface area contributed by atoms with Crippen LogP contribution in [0.1, 0.15) is 25.3 Å². The highest BCUT2D eigenvalue weighted by Gasteiger charge is 2.22. The summed E-state index contributed by atoms with van der Waals surface area (Å²) in [5.74, 6) is 6.89. The SMILES string of the molecule is CC(=O)C1CCCN(CC#Cc2ccccc2)C1. The molecule has 1 atom stereocenters. The second-order valence-corrected chi connectivity index (χ2v) is 4.85. The Labute approximate surface area is 109 Å². The van der Waals surface area contributed by atoms with Crippen LogP contribution in [0, 0.1) is 17.8 Å². The van der Waals surface area contributed by atoms with E-state index >= 15 is 0 Å². The van der Waals surface area contributed by atoms with Gasteiger partial charge in [0.25, 0.3) is 0 Å². The highest BCUT2D eigenvalue weighted by molar-refractivity contribution is 5.78. The number of carbonyl (C=O) groups excluding carboxylic acids is 1. The van der Waals surface area contributed by atoms with Gasteiger partial charge in [0, 0.05) is 18.0 Å². The third-order valence-corrected chi connectivity index (χ3v) is 3.39. The van der Waals surface area contributed by atoms with Crippen LogP contribution in [0.2, 0.25) is 0 Å². The topological polar surface area (TPSA) is 20.3 Å². The van der Waals surface area contributed by atoms with Crippen molar-refractivity contribution in [1.82, 2.24) is 4.90 Å². The van der Waals surface area contributed by atoms with Crippen molar-refractivity contribution in [2.24, 2.45) is 5.92 Å². The maximum absolute atomic E-state index is 11.4. The second-order valence-electron chi connectivity index (χ2n) is 4.85. The van der Waals surface area contributed by atoms with Gasteiger partial charge in [0.05, 0.1) is 6.54 Å². The number of hydrogen-bond acceptors (Lipinski definition) is 2. The monoisotopic (exact) mass is 241 g/mol. The average molecular weight is 241 g/mol. The van der Waals surface area contributed by atoms with E-state index in [0.717, 1.165) is 38.0 Å². The normalized spacial score (nSPS) is 19.9. The van der Waals surface area contributed by atoms with Crippen molar-refractivity contribution in [2.75, 3.05) is 19.6 Å². The maximum Gasteiger partial charge on any atom is 0.134 e. The molecular weight excluding hydrogens is 222 g/mol. The lowest BCUT2D eigenvalue weighted by Crippen LogP contribution is -2.38. The van der Waals surface area contributed by atoms with Gasteiger partial charge in [-0.25, -0.2) is 0 Å². The number of likely N-dealkylation sites (tertiary alicyclic amines) is 1. The molecule has 1 saturated heterocycles. The van der Waals surface area contributed by atoms with E-state index < -0.39 is 0 Å². The molecule has 2 rings (SSSR count). The fraction of sp³-hybridized carbons (Fsp3) is 0.438. The number of benzene rings is 1. The molecule has 2 heteroatoms. The maximum atomic E-state index is 11.4. The van der Waals surface area contributed by atoms with E-state index in [0.29, 0.717) is 5.78 Å². The number of hydrogen-bond donors (Lipinski definition) is 0. The molecule has 0 spiro atoms. The fourth-order valence-electron chi connectivity index (χ4n) is 2.31. The molecule has 94 valence electrons. The Morgan fingerprint density at radius 3 is 2.89 bits per heavy atom. The smallest absolute Gasteiger partial charge is 0.134 e. The number of piperidine rings is 1. The van der Waals surface area contributed by atoms with Gasteiger partial charge in [-0.3, -0.25) is 9.69 Å². The molecule has 0 amide bonds. The number of Topliss-reactive ketones (excluding diaryl/α,β-unsaturated/α-hetero) is 1. The third-order valence-electron chi connectivity index (χ3n) is 3.39.